The van der Waals surface area contributed by atoms with Gasteiger partial charge in [0.15, 0.2) is 12.4 Å². The van der Waals surface area contributed by atoms with E-state index in [1.54, 1.807) is 0 Å². The lowest BCUT2D eigenvalue weighted by Crippen LogP contribution is -2.61. The number of hydrogen-bond acceptors (Lipinski definition) is 7. The summed E-state index contributed by atoms with van der Waals surface area (Å²) >= 11 is 0. The molecule has 1 heterocycles. The highest BCUT2D eigenvalue weighted by molar-refractivity contribution is 5.73. The third-order valence-corrected chi connectivity index (χ3v) is 11.4. The molecule has 0 spiro atoms. The molecule has 4 saturated carbocycles. The third kappa shape index (κ3) is 4.07. The molecule has 14 atom stereocenters. The number of hydrogen-bond donors (Lipinski definition) is 5. The minimum atomic E-state index is -1.70. The Morgan fingerprint density at radius 1 is 0.914 bits per heavy atom. The number of fused-ring (bicyclic) bond motifs is 5. The fourth-order valence-electron chi connectivity index (χ4n) is 9.53. The lowest BCUT2D eigenvalue weighted by molar-refractivity contribution is -0.309. The number of carboxylic acids is 1. The molecule has 0 bridgehead atoms. The molecule has 0 radical (unpaired) electrons. The van der Waals surface area contributed by atoms with E-state index in [0.717, 1.165) is 32.1 Å². The molecule has 8 heteroatoms. The van der Waals surface area contributed by atoms with Crippen LogP contribution in [0.4, 0.5) is 0 Å². The van der Waals surface area contributed by atoms with Gasteiger partial charge in [0.25, 0.3) is 0 Å². The number of ether oxygens (including phenoxy) is 2. The summed E-state index contributed by atoms with van der Waals surface area (Å²) in [6.45, 7) is 6.86. The summed E-state index contributed by atoms with van der Waals surface area (Å²) in [5.74, 6) is 1.60. The first-order valence-electron chi connectivity index (χ1n) is 13.7. The van der Waals surface area contributed by atoms with Crippen LogP contribution in [0, 0.1) is 40.4 Å². The molecule has 5 rings (SSSR count). The van der Waals surface area contributed by atoms with Crippen LogP contribution >= 0.6 is 0 Å². The van der Waals surface area contributed by atoms with Crippen molar-refractivity contribution in [3.05, 3.63) is 0 Å². The average molecular weight is 497 g/mol. The first-order chi connectivity index (χ1) is 16.5. The van der Waals surface area contributed by atoms with Gasteiger partial charge >= 0.3 is 5.97 Å². The third-order valence-electron chi connectivity index (χ3n) is 11.4. The van der Waals surface area contributed by atoms with Crippen LogP contribution in [0.1, 0.15) is 78.6 Å². The fraction of sp³-hybridized carbons (Fsp3) is 0.963. The highest BCUT2D eigenvalue weighted by Crippen LogP contribution is 2.67. The molecule has 1 aliphatic heterocycles. The fourth-order valence-corrected chi connectivity index (χ4v) is 9.53. The van der Waals surface area contributed by atoms with Crippen LogP contribution in [0.15, 0.2) is 0 Å². The maximum Gasteiger partial charge on any atom is 0.335 e. The highest BCUT2D eigenvalue weighted by Gasteiger charge is 2.61. The second kappa shape index (κ2) is 9.21. The Kier molecular flexibility index (Phi) is 6.80. The van der Waals surface area contributed by atoms with Crippen molar-refractivity contribution in [3.8, 4) is 0 Å². The van der Waals surface area contributed by atoms with Crippen LogP contribution in [0.2, 0.25) is 0 Å². The second-order valence-electron chi connectivity index (χ2n) is 12.9. The monoisotopic (exact) mass is 496 g/mol. The van der Waals surface area contributed by atoms with E-state index < -0.39 is 36.7 Å². The zero-order valence-corrected chi connectivity index (χ0v) is 21.3. The summed E-state index contributed by atoms with van der Waals surface area (Å²) < 4.78 is 11.4. The van der Waals surface area contributed by atoms with E-state index in [1.807, 2.05) is 6.92 Å². The Hall–Kier alpha value is -0.770. The molecule has 0 aromatic carbocycles. The van der Waals surface area contributed by atoms with Gasteiger partial charge in [-0.05, 0) is 105 Å². The number of aliphatic hydroxyl groups excluding tert-OH is 4. The van der Waals surface area contributed by atoms with Crippen molar-refractivity contribution in [2.24, 2.45) is 40.4 Å². The molecule has 0 amide bonds. The van der Waals surface area contributed by atoms with Crippen LogP contribution in [0.5, 0.6) is 0 Å². The standard InChI is InChI=1S/C27H44O8/c1-13(28)17-6-7-18-16-5-4-14-12-15(8-10-26(14,2)19(16)9-11-27(17,18)3)34-25-22(31)20(29)21(30)23(35-25)24(32)33/h13-23,25,28-31H,4-12H2,1-3H3,(H,32,33)/t13-,14+,15+,16-,17+,18-,19-,20-,21-,22+,23-,25+,26-,27+/m0/s1. The molecule has 5 N–H and O–H groups in total. The number of aliphatic carboxylic acids is 1. The van der Waals surface area contributed by atoms with Gasteiger partial charge in [0.2, 0.25) is 0 Å². The Labute approximate surface area is 208 Å². The molecule has 35 heavy (non-hydrogen) atoms. The smallest absolute Gasteiger partial charge is 0.335 e. The zero-order valence-electron chi connectivity index (χ0n) is 21.3. The van der Waals surface area contributed by atoms with E-state index >= 15 is 0 Å². The van der Waals surface area contributed by atoms with Gasteiger partial charge in [-0.3, -0.25) is 0 Å². The molecule has 5 aliphatic rings. The van der Waals surface area contributed by atoms with Crippen molar-refractivity contribution in [1.29, 1.82) is 0 Å². The van der Waals surface area contributed by atoms with Gasteiger partial charge in [-0.2, -0.15) is 0 Å². The van der Waals surface area contributed by atoms with Crippen LogP contribution in [0.25, 0.3) is 0 Å². The minimum Gasteiger partial charge on any atom is -0.479 e. The second-order valence-corrected chi connectivity index (χ2v) is 12.9. The van der Waals surface area contributed by atoms with Crippen LogP contribution in [-0.2, 0) is 14.3 Å². The van der Waals surface area contributed by atoms with Gasteiger partial charge in [0, 0.05) is 0 Å². The molecule has 0 unspecified atom stereocenters. The SMILES string of the molecule is C[C@H](O)[C@H]1CC[C@H]2[C@@H]3CC[C@@H]4C[C@H](O[C@@H]5O[C@H](C(=O)O)[C@@H](O)[C@H](O)[C@H]5O)CC[C@]4(C)[C@H]3CC[C@]12C. The Morgan fingerprint density at radius 2 is 1.60 bits per heavy atom. The van der Waals surface area contributed by atoms with E-state index in [4.69, 9.17) is 9.47 Å². The Balaban J connectivity index is 1.26. The van der Waals surface area contributed by atoms with E-state index in [-0.39, 0.29) is 23.0 Å². The van der Waals surface area contributed by atoms with Gasteiger partial charge in [-0.15, -0.1) is 0 Å². The summed E-state index contributed by atoms with van der Waals surface area (Å²) in [7, 11) is 0. The molecule has 0 aromatic rings. The predicted octanol–water partition coefficient (Wildman–Crippen LogP) is 2.30. The summed E-state index contributed by atoms with van der Waals surface area (Å²) in [5, 5.41) is 50.2. The molecule has 8 nitrogen and oxygen atoms in total. The molecule has 1 saturated heterocycles. The molecule has 0 aromatic heterocycles. The maximum absolute atomic E-state index is 11.4. The van der Waals surface area contributed by atoms with Crippen molar-refractivity contribution >= 4 is 5.97 Å². The van der Waals surface area contributed by atoms with Crippen molar-refractivity contribution in [2.75, 3.05) is 0 Å². The number of carboxylic acid groups (broad SMARTS) is 1. The van der Waals surface area contributed by atoms with Gasteiger partial charge < -0.3 is 35.0 Å². The lowest BCUT2D eigenvalue weighted by Gasteiger charge is -2.61. The van der Waals surface area contributed by atoms with E-state index in [1.165, 1.54) is 25.7 Å². The molecular weight excluding hydrogens is 452 g/mol. The number of aliphatic hydroxyl groups is 4. The van der Waals surface area contributed by atoms with Crippen molar-refractivity contribution in [1.82, 2.24) is 0 Å². The van der Waals surface area contributed by atoms with E-state index in [9.17, 15) is 30.3 Å². The van der Waals surface area contributed by atoms with E-state index in [2.05, 4.69) is 13.8 Å². The summed E-state index contributed by atoms with van der Waals surface area (Å²) in [6, 6.07) is 0. The zero-order chi connectivity index (χ0) is 25.3. The molecule has 5 fully saturated rings. The van der Waals surface area contributed by atoms with Crippen molar-refractivity contribution in [3.63, 3.8) is 0 Å². The maximum atomic E-state index is 11.4. The quantitative estimate of drug-likeness (QED) is 0.374. The normalized spacial score (nSPS) is 54.9. The van der Waals surface area contributed by atoms with E-state index in [0.29, 0.717) is 29.6 Å². The number of carbonyl (C=O) groups is 1. The predicted molar refractivity (Wildman–Crippen MR) is 126 cm³/mol. The van der Waals surface area contributed by atoms with Crippen LogP contribution in [0.3, 0.4) is 0 Å². The van der Waals surface area contributed by atoms with Gasteiger partial charge in [0.05, 0.1) is 12.2 Å². The molecular formula is C27H44O8. The van der Waals surface area contributed by atoms with Gasteiger partial charge in [-0.25, -0.2) is 4.79 Å². The molecule has 4 aliphatic carbocycles. The summed E-state index contributed by atoms with van der Waals surface area (Å²) in [4.78, 5) is 11.4. The Bertz CT molecular complexity index is 804. The lowest BCUT2D eigenvalue weighted by atomic mass is 9.44. The molecule has 200 valence electrons. The first kappa shape index (κ1) is 25.9. The number of rotatable bonds is 4. The highest BCUT2D eigenvalue weighted by atomic mass is 16.7. The minimum absolute atomic E-state index is 0.180. The summed E-state index contributed by atoms with van der Waals surface area (Å²) in [6.07, 6.45) is 1.63. The Morgan fingerprint density at radius 3 is 2.29 bits per heavy atom. The summed E-state index contributed by atoms with van der Waals surface area (Å²) in [5.41, 5.74) is 0.484. The first-order valence-corrected chi connectivity index (χ1v) is 13.7. The topological polar surface area (TPSA) is 137 Å². The van der Waals surface area contributed by atoms with Crippen molar-refractivity contribution in [2.45, 2.75) is 121 Å². The largest absolute Gasteiger partial charge is 0.479 e. The van der Waals surface area contributed by atoms with Crippen LogP contribution < -0.4 is 0 Å². The van der Waals surface area contributed by atoms with Crippen molar-refractivity contribution < 1.29 is 39.8 Å². The van der Waals surface area contributed by atoms with Crippen LogP contribution in [-0.4, -0.2) is 74.4 Å². The van der Waals surface area contributed by atoms with Gasteiger partial charge in [0.1, 0.15) is 18.3 Å². The average Bonchev–Trinajstić information content (AvgIpc) is 3.17. The van der Waals surface area contributed by atoms with Gasteiger partial charge in [-0.1, -0.05) is 13.8 Å².